The Labute approximate surface area is 154 Å². The molecule has 5 rings (SSSR count). The minimum absolute atomic E-state index is 0.255. The van der Waals surface area contributed by atoms with E-state index in [1.54, 1.807) is 23.0 Å². The molecular weight excluding hydrogens is 353 g/mol. The summed E-state index contributed by atoms with van der Waals surface area (Å²) < 4.78 is 32.5. The molecule has 0 radical (unpaired) electrons. The Balaban J connectivity index is 1.37. The van der Waals surface area contributed by atoms with E-state index >= 15 is 0 Å². The molecular formula is C18H18FN5O3. The minimum atomic E-state index is -0.255. The Bertz CT molecular complexity index is 989. The van der Waals surface area contributed by atoms with Crippen molar-refractivity contribution in [3.05, 3.63) is 41.6 Å². The lowest BCUT2D eigenvalue weighted by atomic mass is 10.0. The van der Waals surface area contributed by atoms with Gasteiger partial charge in [0.05, 0.1) is 32.6 Å². The first-order valence-electron chi connectivity index (χ1n) is 8.86. The van der Waals surface area contributed by atoms with Crippen LogP contribution < -0.4 is 14.8 Å². The van der Waals surface area contributed by atoms with Crippen molar-refractivity contribution in [3.63, 3.8) is 0 Å². The maximum absolute atomic E-state index is 14.3. The number of hydrogen-bond donors (Lipinski definition) is 1. The van der Waals surface area contributed by atoms with Crippen LogP contribution in [-0.2, 0) is 17.7 Å². The third kappa shape index (κ3) is 2.93. The highest BCUT2D eigenvalue weighted by Gasteiger charge is 2.21. The molecule has 0 unspecified atom stereocenters. The second kappa shape index (κ2) is 6.66. The molecule has 1 fully saturated rings. The van der Waals surface area contributed by atoms with Crippen molar-refractivity contribution in [2.45, 2.75) is 13.0 Å². The molecule has 0 saturated carbocycles. The fraction of sp³-hybridized carbons (Fsp3) is 0.389. The van der Waals surface area contributed by atoms with Crippen LogP contribution in [0.4, 0.5) is 10.3 Å². The highest BCUT2D eigenvalue weighted by molar-refractivity contribution is 5.56. The van der Waals surface area contributed by atoms with E-state index in [1.165, 1.54) is 6.07 Å². The van der Waals surface area contributed by atoms with Crippen LogP contribution in [0.2, 0.25) is 0 Å². The molecule has 140 valence electrons. The highest BCUT2D eigenvalue weighted by atomic mass is 19.1. The number of nitrogens with one attached hydrogen (secondary N) is 1. The van der Waals surface area contributed by atoms with E-state index in [2.05, 4.69) is 20.5 Å². The lowest BCUT2D eigenvalue weighted by molar-refractivity contribution is -0.0507. The first-order chi connectivity index (χ1) is 13.3. The first kappa shape index (κ1) is 16.2. The van der Waals surface area contributed by atoms with Gasteiger partial charge in [-0.05, 0) is 12.1 Å². The van der Waals surface area contributed by atoms with Gasteiger partial charge in [0, 0.05) is 30.0 Å². The number of ether oxygens (including phenoxy) is 3. The zero-order valence-corrected chi connectivity index (χ0v) is 14.5. The number of benzene rings is 1. The van der Waals surface area contributed by atoms with E-state index < -0.39 is 0 Å². The van der Waals surface area contributed by atoms with E-state index in [0.717, 1.165) is 11.3 Å². The lowest BCUT2D eigenvalue weighted by Crippen LogP contribution is -2.32. The van der Waals surface area contributed by atoms with Gasteiger partial charge >= 0.3 is 0 Å². The SMILES string of the molecule is Fc1ccc2c(c1CNc1ncc(OCC3COC3)c3nncn13)CCO2. The molecule has 0 amide bonds. The summed E-state index contributed by atoms with van der Waals surface area (Å²) in [6.45, 7) is 2.85. The van der Waals surface area contributed by atoms with E-state index in [-0.39, 0.29) is 12.4 Å². The monoisotopic (exact) mass is 371 g/mol. The molecule has 1 aromatic carbocycles. The zero-order chi connectivity index (χ0) is 18.2. The van der Waals surface area contributed by atoms with Crippen LogP contribution in [0.5, 0.6) is 11.5 Å². The second-order valence-corrected chi connectivity index (χ2v) is 6.64. The van der Waals surface area contributed by atoms with Crippen LogP contribution in [-0.4, -0.2) is 46.0 Å². The van der Waals surface area contributed by atoms with Crippen molar-refractivity contribution < 1.29 is 18.6 Å². The standard InChI is InChI=1S/C18H18FN5O3/c19-14-1-2-15-12(3-4-26-15)13(14)5-20-18-21-6-16(17-23-22-10-24(17)18)27-9-11-7-25-8-11/h1-2,6,10-11H,3-5,7-9H2,(H,20,21). The second-order valence-electron chi connectivity index (χ2n) is 6.64. The largest absolute Gasteiger partial charge is 0.493 e. The quantitative estimate of drug-likeness (QED) is 0.708. The number of hydrogen-bond acceptors (Lipinski definition) is 7. The smallest absolute Gasteiger partial charge is 0.210 e. The summed E-state index contributed by atoms with van der Waals surface area (Å²) in [4.78, 5) is 4.40. The number of rotatable bonds is 6. The van der Waals surface area contributed by atoms with E-state index in [1.807, 2.05) is 0 Å². The van der Waals surface area contributed by atoms with Gasteiger partial charge in [-0.15, -0.1) is 10.2 Å². The van der Waals surface area contributed by atoms with Crippen molar-refractivity contribution in [3.8, 4) is 11.5 Å². The summed E-state index contributed by atoms with van der Waals surface area (Å²) in [6.07, 6.45) is 3.87. The van der Waals surface area contributed by atoms with Crippen LogP contribution in [0.25, 0.3) is 5.65 Å². The number of aromatic nitrogens is 4. The summed E-state index contributed by atoms with van der Waals surface area (Å²) in [6, 6.07) is 3.11. The number of nitrogens with zero attached hydrogens (tertiary/aromatic N) is 4. The van der Waals surface area contributed by atoms with Gasteiger partial charge < -0.3 is 19.5 Å². The molecule has 9 heteroatoms. The van der Waals surface area contributed by atoms with Gasteiger partial charge in [-0.3, -0.25) is 0 Å². The summed E-state index contributed by atoms with van der Waals surface area (Å²) in [5.74, 6) is 1.97. The molecule has 0 spiro atoms. The predicted molar refractivity (Wildman–Crippen MR) is 93.5 cm³/mol. The van der Waals surface area contributed by atoms with Gasteiger partial charge in [0.25, 0.3) is 0 Å². The maximum atomic E-state index is 14.3. The molecule has 1 N–H and O–H groups in total. The van der Waals surface area contributed by atoms with Crippen LogP contribution in [0.1, 0.15) is 11.1 Å². The Morgan fingerprint density at radius 3 is 3.11 bits per heavy atom. The molecule has 4 heterocycles. The molecule has 1 saturated heterocycles. The molecule has 0 bridgehead atoms. The highest BCUT2D eigenvalue weighted by Crippen LogP contribution is 2.30. The zero-order valence-electron chi connectivity index (χ0n) is 14.5. The molecule has 0 atom stereocenters. The van der Waals surface area contributed by atoms with Gasteiger partial charge in [0.2, 0.25) is 11.6 Å². The van der Waals surface area contributed by atoms with Crippen molar-refractivity contribution in [2.75, 3.05) is 31.7 Å². The summed E-state index contributed by atoms with van der Waals surface area (Å²) in [7, 11) is 0. The van der Waals surface area contributed by atoms with Crippen molar-refractivity contribution >= 4 is 11.6 Å². The predicted octanol–water partition coefficient (Wildman–Crippen LogP) is 1.84. The molecule has 27 heavy (non-hydrogen) atoms. The average Bonchev–Trinajstić information content (AvgIpc) is 3.30. The van der Waals surface area contributed by atoms with Crippen LogP contribution in [0.3, 0.4) is 0 Å². The fourth-order valence-electron chi connectivity index (χ4n) is 3.29. The van der Waals surface area contributed by atoms with E-state index in [9.17, 15) is 4.39 Å². The van der Waals surface area contributed by atoms with Crippen LogP contribution in [0.15, 0.2) is 24.7 Å². The Hall–Kier alpha value is -2.94. The maximum Gasteiger partial charge on any atom is 0.210 e. The van der Waals surface area contributed by atoms with Crippen molar-refractivity contribution in [1.82, 2.24) is 19.6 Å². The Morgan fingerprint density at radius 1 is 1.33 bits per heavy atom. The Morgan fingerprint density at radius 2 is 2.26 bits per heavy atom. The van der Waals surface area contributed by atoms with Gasteiger partial charge in [0.15, 0.2) is 5.75 Å². The van der Waals surface area contributed by atoms with Gasteiger partial charge in [-0.2, -0.15) is 0 Å². The number of fused-ring (bicyclic) bond motifs is 2. The minimum Gasteiger partial charge on any atom is -0.493 e. The van der Waals surface area contributed by atoms with E-state index in [0.29, 0.717) is 61.7 Å². The number of halogens is 1. The van der Waals surface area contributed by atoms with E-state index in [4.69, 9.17) is 14.2 Å². The summed E-state index contributed by atoms with van der Waals surface area (Å²) in [5, 5.41) is 11.2. The van der Waals surface area contributed by atoms with Crippen LogP contribution >= 0.6 is 0 Å². The van der Waals surface area contributed by atoms with Gasteiger partial charge in [0.1, 0.15) is 17.9 Å². The number of anilines is 1. The molecule has 2 aliphatic rings. The molecule has 8 nitrogen and oxygen atoms in total. The molecule has 3 aromatic rings. The molecule has 0 aliphatic carbocycles. The van der Waals surface area contributed by atoms with Crippen molar-refractivity contribution in [1.29, 1.82) is 0 Å². The Kier molecular flexibility index (Phi) is 4.01. The summed E-state index contributed by atoms with van der Waals surface area (Å²) in [5.41, 5.74) is 2.07. The van der Waals surface area contributed by atoms with Gasteiger partial charge in [-0.1, -0.05) is 0 Å². The van der Waals surface area contributed by atoms with Gasteiger partial charge in [-0.25, -0.2) is 13.8 Å². The fourth-order valence-corrected chi connectivity index (χ4v) is 3.29. The molecule has 2 aromatic heterocycles. The topological polar surface area (TPSA) is 82.8 Å². The lowest BCUT2D eigenvalue weighted by Gasteiger charge is -2.25. The van der Waals surface area contributed by atoms with Crippen LogP contribution in [0, 0.1) is 11.7 Å². The van der Waals surface area contributed by atoms with Crippen molar-refractivity contribution in [2.24, 2.45) is 5.92 Å². The third-order valence-electron chi connectivity index (χ3n) is 4.85. The molecule has 2 aliphatic heterocycles. The normalized spacial score (nSPS) is 16.0. The first-order valence-corrected chi connectivity index (χ1v) is 8.86. The summed E-state index contributed by atoms with van der Waals surface area (Å²) >= 11 is 0. The third-order valence-corrected chi connectivity index (χ3v) is 4.85. The average molecular weight is 371 g/mol.